The molecule has 1 aromatic carbocycles. The summed E-state index contributed by atoms with van der Waals surface area (Å²) in [5.41, 5.74) is 0.785. The third kappa shape index (κ3) is 4.88. The van der Waals surface area contributed by atoms with Gasteiger partial charge in [-0.15, -0.1) is 0 Å². The van der Waals surface area contributed by atoms with Gasteiger partial charge in [0.05, 0.1) is 6.21 Å². The van der Waals surface area contributed by atoms with Gasteiger partial charge in [-0.1, -0.05) is 22.6 Å². The molecule has 4 nitrogen and oxygen atoms in total. The summed E-state index contributed by atoms with van der Waals surface area (Å²) < 4.78 is 21.1. The van der Waals surface area contributed by atoms with Gasteiger partial charge in [-0.25, -0.2) is 4.98 Å². The number of pyridine rings is 1. The summed E-state index contributed by atoms with van der Waals surface area (Å²) in [6.45, 7) is 5.65. The third-order valence-electron chi connectivity index (χ3n) is 2.55. The molecule has 0 saturated heterocycles. The van der Waals surface area contributed by atoms with E-state index in [-0.39, 0.29) is 4.75 Å². The van der Waals surface area contributed by atoms with E-state index in [1.54, 1.807) is 18.5 Å². The fraction of sp³-hybridized carbons (Fsp3) is 0.250. The Morgan fingerprint density at radius 1 is 1.14 bits per heavy atom. The highest BCUT2D eigenvalue weighted by Gasteiger charge is 2.25. The van der Waals surface area contributed by atoms with Crippen LogP contribution in [0.25, 0.3) is 0 Å². The number of ether oxygens (including phenoxy) is 1. The predicted octanol–water partition coefficient (Wildman–Crippen LogP) is 3.76. The lowest BCUT2D eigenvalue weighted by atomic mass is 10.3. The lowest BCUT2D eigenvalue weighted by molar-refractivity contribution is 0.463. The monoisotopic (exact) mass is 302 g/mol. The van der Waals surface area contributed by atoms with Crippen LogP contribution in [0.5, 0.6) is 11.6 Å². The van der Waals surface area contributed by atoms with Crippen LogP contribution in [0.2, 0.25) is 0 Å². The zero-order valence-electron chi connectivity index (χ0n) is 12.3. The van der Waals surface area contributed by atoms with Crippen LogP contribution in [0.1, 0.15) is 26.3 Å². The molecule has 0 aliphatic carbocycles. The average Bonchev–Trinajstić information content (AvgIpc) is 2.46. The molecule has 0 spiro atoms. The first-order valence-corrected chi connectivity index (χ1v) is 7.71. The van der Waals surface area contributed by atoms with Crippen molar-refractivity contribution in [3.05, 3.63) is 54.2 Å². The molecule has 110 valence electrons. The van der Waals surface area contributed by atoms with Crippen LogP contribution < -0.4 is 4.74 Å². The average molecular weight is 302 g/mol. The van der Waals surface area contributed by atoms with Gasteiger partial charge in [-0.3, -0.25) is 0 Å². The van der Waals surface area contributed by atoms with E-state index in [1.807, 2.05) is 57.2 Å². The Balaban J connectivity index is 2.01. The van der Waals surface area contributed by atoms with Gasteiger partial charge >= 0.3 is 0 Å². The van der Waals surface area contributed by atoms with Gasteiger partial charge in [0.1, 0.15) is 21.9 Å². The van der Waals surface area contributed by atoms with Crippen molar-refractivity contribution in [2.75, 3.05) is 0 Å². The lowest BCUT2D eigenvalue weighted by Crippen LogP contribution is -2.25. The third-order valence-corrected chi connectivity index (χ3v) is 3.89. The van der Waals surface area contributed by atoms with Crippen LogP contribution >= 0.6 is 0 Å². The summed E-state index contributed by atoms with van der Waals surface area (Å²) in [7, 11) is 0. The van der Waals surface area contributed by atoms with Gasteiger partial charge in [0.15, 0.2) is 0 Å². The minimum atomic E-state index is -1.26. The summed E-state index contributed by atoms with van der Waals surface area (Å²) >= 11 is -1.26. The summed E-state index contributed by atoms with van der Waals surface area (Å²) in [5.74, 6) is 1.25. The number of hydrogen-bond donors (Lipinski definition) is 0. The van der Waals surface area contributed by atoms with Gasteiger partial charge in [0, 0.05) is 17.8 Å². The lowest BCUT2D eigenvalue weighted by Gasteiger charge is -2.17. The van der Waals surface area contributed by atoms with Gasteiger partial charge in [0.25, 0.3) is 0 Å². The maximum atomic E-state index is 11.8. The molecule has 0 amide bonds. The van der Waals surface area contributed by atoms with Gasteiger partial charge in [-0.05, 0) is 39.0 Å². The number of aromatic nitrogens is 1. The highest BCUT2D eigenvalue weighted by Crippen LogP contribution is 2.19. The molecule has 5 heteroatoms. The normalized spacial score (nSPS) is 13.3. The van der Waals surface area contributed by atoms with E-state index < -0.39 is 11.4 Å². The Bertz CT molecular complexity index is 592. The van der Waals surface area contributed by atoms with Crippen molar-refractivity contribution in [2.24, 2.45) is 4.40 Å². The summed E-state index contributed by atoms with van der Waals surface area (Å²) in [6.07, 6.45) is 3.21. The van der Waals surface area contributed by atoms with Crippen molar-refractivity contribution >= 4 is 17.6 Å². The molecule has 0 aliphatic rings. The molecule has 0 bridgehead atoms. The van der Waals surface area contributed by atoms with Crippen molar-refractivity contribution in [1.29, 1.82) is 0 Å². The van der Waals surface area contributed by atoms with Crippen molar-refractivity contribution < 1.29 is 9.29 Å². The number of para-hydroxylation sites is 1. The van der Waals surface area contributed by atoms with Crippen LogP contribution in [-0.4, -0.2) is 20.5 Å². The molecule has 1 heterocycles. The van der Waals surface area contributed by atoms with Crippen LogP contribution in [0.3, 0.4) is 0 Å². The second-order valence-electron chi connectivity index (χ2n) is 5.44. The molecule has 0 unspecified atom stereocenters. The number of benzene rings is 1. The molecular weight excluding hydrogens is 284 g/mol. The molecular formula is C16H18N2O2S. The molecule has 0 saturated carbocycles. The standard InChI is InChI=1S/C16H18N2O2S/c1-16(2,3)21(19)18-12-13-9-10-15(17-11-13)20-14-7-5-4-6-8-14/h4-12H,1-3H3/t21-/m1/s1. The smallest absolute Gasteiger partial charge is 0.219 e. The largest absolute Gasteiger partial charge is 0.591 e. The topological polar surface area (TPSA) is 57.5 Å². The van der Waals surface area contributed by atoms with E-state index >= 15 is 0 Å². The van der Waals surface area contributed by atoms with Crippen molar-refractivity contribution in [1.82, 2.24) is 4.98 Å². The molecule has 0 fully saturated rings. The first-order valence-electron chi connectivity index (χ1n) is 6.60. The van der Waals surface area contributed by atoms with Gasteiger partial charge in [-0.2, -0.15) is 0 Å². The van der Waals surface area contributed by atoms with E-state index in [9.17, 15) is 4.55 Å². The van der Waals surface area contributed by atoms with E-state index in [1.165, 1.54) is 0 Å². The first kappa shape index (κ1) is 15.5. The minimum Gasteiger partial charge on any atom is -0.591 e. The fourth-order valence-corrected chi connectivity index (χ4v) is 1.94. The highest BCUT2D eigenvalue weighted by molar-refractivity contribution is 7.91. The first-order chi connectivity index (χ1) is 9.95. The Morgan fingerprint density at radius 2 is 1.86 bits per heavy atom. The highest BCUT2D eigenvalue weighted by atomic mass is 32.2. The second-order valence-corrected chi connectivity index (χ2v) is 7.37. The Kier molecular flexibility index (Phi) is 4.98. The Morgan fingerprint density at radius 3 is 2.43 bits per heavy atom. The molecule has 0 aliphatic heterocycles. The molecule has 21 heavy (non-hydrogen) atoms. The zero-order valence-corrected chi connectivity index (χ0v) is 13.1. The predicted molar refractivity (Wildman–Crippen MR) is 86.2 cm³/mol. The Hall–Kier alpha value is -1.85. The molecule has 1 aromatic heterocycles. The summed E-state index contributed by atoms with van der Waals surface area (Å²) in [4.78, 5) is 4.20. The van der Waals surface area contributed by atoms with Crippen LogP contribution in [0, 0.1) is 0 Å². The second kappa shape index (κ2) is 6.74. The van der Waals surface area contributed by atoms with E-state index in [0.717, 1.165) is 11.3 Å². The number of nitrogens with zero attached hydrogens (tertiary/aromatic N) is 2. The van der Waals surface area contributed by atoms with Gasteiger partial charge in [0.2, 0.25) is 5.88 Å². The molecule has 1 atom stereocenters. The molecule has 2 rings (SSSR count). The van der Waals surface area contributed by atoms with E-state index in [0.29, 0.717) is 5.88 Å². The van der Waals surface area contributed by atoms with Crippen LogP contribution in [0.15, 0.2) is 53.1 Å². The molecule has 0 radical (unpaired) electrons. The van der Waals surface area contributed by atoms with Crippen molar-refractivity contribution in [2.45, 2.75) is 25.5 Å². The zero-order chi connectivity index (χ0) is 15.3. The van der Waals surface area contributed by atoms with Crippen molar-refractivity contribution in [3.8, 4) is 11.6 Å². The maximum Gasteiger partial charge on any atom is 0.219 e. The van der Waals surface area contributed by atoms with E-state index in [4.69, 9.17) is 4.74 Å². The fourth-order valence-electron chi connectivity index (χ4n) is 1.40. The molecule has 0 N–H and O–H groups in total. The summed E-state index contributed by atoms with van der Waals surface area (Å²) in [6, 6.07) is 13.0. The van der Waals surface area contributed by atoms with Gasteiger partial charge < -0.3 is 9.29 Å². The van der Waals surface area contributed by atoms with Crippen LogP contribution in [0.4, 0.5) is 0 Å². The van der Waals surface area contributed by atoms with Crippen LogP contribution in [-0.2, 0) is 11.4 Å². The Labute approximate surface area is 128 Å². The summed E-state index contributed by atoms with van der Waals surface area (Å²) in [5, 5.41) is 0. The number of hydrogen-bond acceptors (Lipinski definition) is 4. The maximum absolute atomic E-state index is 11.8. The minimum absolute atomic E-state index is 0.361. The number of rotatable bonds is 4. The van der Waals surface area contributed by atoms with E-state index in [2.05, 4.69) is 9.38 Å². The quantitative estimate of drug-likeness (QED) is 0.638. The SMILES string of the molecule is CC(C)(C)[S@@+]([O-])N=Cc1ccc(Oc2ccccc2)nc1. The van der Waals surface area contributed by atoms with Crippen molar-refractivity contribution in [3.63, 3.8) is 0 Å². The molecule has 2 aromatic rings.